The van der Waals surface area contributed by atoms with Gasteiger partial charge in [-0.25, -0.2) is 0 Å². The van der Waals surface area contributed by atoms with Gasteiger partial charge in [-0.1, -0.05) is 30.3 Å². The van der Waals surface area contributed by atoms with Gasteiger partial charge in [0, 0.05) is 42.3 Å². The van der Waals surface area contributed by atoms with Crippen LogP contribution in [0.1, 0.15) is 23.5 Å². The van der Waals surface area contributed by atoms with E-state index in [2.05, 4.69) is 20.6 Å². The summed E-state index contributed by atoms with van der Waals surface area (Å²) >= 11 is 0. The number of aromatic nitrogens is 4. The summed E-state index contributed by atoms with van der Waals surface area (Å²) in [4.78, 5) is 12.0. The molecular weight excluding hydrogens is 278 g/mol. The fourth-order valence-corrected chi connectivity index (χ4v) is 3.01. The van der Waals surface area contributed by atoms with Crippen molar-refractivity contribution in [1.29, 1.82) is 0 Å². The molecule has 22 heavy (non-hydrogen) atoms. The third-order valence-electron chi connectivity index (χ3n) is 3.98. The molecule has 1 amide bonds. The number of aromatic amines is 1. The van der Waals surface area contributed by atoms with Gasteiger partial charge >= 0.3 is 0 Å². The second-order valence-corrected chi connectivity index (χ2v) is 5.48. The molecule has 0 saturated heterocycles. The quantitative estimate of drug-likeness (QED) is 0.761. The first-order valence-corrected chi connectivity index (χ1v) is 7.14. The van der Waals surface area contributed by atoms with Gasteiger partial charge in [0.15, 0.2) is 0 Å². The summed E-state index contributed by atoms with van der Waals surface area (Å²) in [6.07, 6.45) is 4.17. The first-order valence-electron chi connectivity index (χ1n) is 7.14. The van der Waals surface area contributed by atoms with Gasteiger partial charge in [0.2, 0.25) is 5.91 Å². The topological polar surface area (TPSA) is 75.6 Å². The molecule has 0 fully saturated rings. The molecule has 0 aliphatic carbocycles. The third-order valence-corrected chi connectivity index (χ3v) is 3.98. The lowest BCUT2D eigenvalue weighted by atomic mass is 9.86. The fourth-order valence-electron chi connectivity index (χ4n) is 3.01. The molecule has 1 unspecified atom stereocenters. The molecule has 6 heteroatoms. The number of nitrogens with one attached hydrogen (secondary N) is 2. The van der Waals surface area contributed by atoms with Gasteiger partial charge in [-0.05, 0) is 0 Å². The SMILES string of the molecule is Cn1cc(C2CC(=O)Nc3[nH]ncc32)c(-c2ccccc2)n1. The summed E-state index contributed by atoms with van der Waals surface area (Å²) in [6, 6.07) is 10.0. The Bertz CT molecular complexity index is 833. The third kappa shape index (κ3) is 2.00. The number of amides is 1. The van der Waals surface area contributed by atoms with E-state index >= 15 is 0 Å². The predicted molar refractivity (Wildman–Crippen MR) is 82.3 cm³/mol. The van der Waals surface area contributed by atoms with Crippen LogP contribution in [-0.4, -0.2) is 25.9 Å². The van der Waals surface area contributed by atoms with Crippen molar-refractivity contribution in [3.05, 3.63) is 53.9 Å². The van der Waals surface area contributed by atoms with Gasteiger partial charge in [0.1, 0.15) is 5.82 Å². The molecule has 6 nitrogen and oxygen atoms in total. The summed E-state index contributed by atoms with van der Waals surface area (Å²) < 4.78 is 1.80. The van der Waals surface area contributed by atoms with E-state index in [0.717, 1.165) is 22.4 Å². The predicted octanol–water partition coefficient (Wildman–Crippen LogP) is 2.28. The molecule has 1 atom stereocenters. The van der Waals surface area contributed by atoms with Gasteiger partial charge in [-0.15, -0.1) is 0 Å². The minimum Gasteiger partial charge on any atom is -0.311 e. The van der Waals surface area contributed by atoms with Gasteiger partial charge < -0.3 is 5.32 Å². The highest BCUT2D eigenvalue weighted by Gasteiger charge is 2.31. The van der Waals surface area contributed by atoms with Crippen LogP contribution in [0.3, 0.4) is 0 Å². The maximum absolute atomic E-state index is 12.0. The summed E-state index contributed by atoms with van der Waals surface area (Å²) in [5, 5.41) is 14.3. The maximum Gasteiger partial charge on any atom is 0.226 e. The van der Waals surface area contributed by atoms with Crippen LogP contribution in [0, 0.1) is 0 Å². The Morgan fingerprint density at radius 3 is 2.86 bits per heavy atom. The average molecular weight is 293 g/mol. The molecule has 3 heterocycles. The molecule has 4 rings (SSSR count). The van der Waals surface area contributed by atoms with Crippen LogP contribution in [0.4, 0.5) is 5.82 Å². The number of H-pyrrole nitrogens is 1. The van der Waals surface area contributed by atoms with Crippen LogP contribution in [0.25, 0.3) is 11.3 Å². The van der Waals surface area contributed by atoms with Crippen LogP contribution >= 0.6 is 0 Å². The van der Waals surface area contributed by atoms with E-state index in [1.54, 1.807) is 10.9 Å². The number of carbonyl (C=O) groups is 1. The average Bonchev–Trinajstić information content (AvgIpc) is 3.13. The highest BCUT2D eigenvalue weighted by molar-refractivity contribution is 5.94. The number of benzene rings is 1. The molecule has 2 aromatic heterocycles. The zero-order chi connectivity index (χ0) is 15.1. The Hall–Kier alpha value is -2.89. The van der Waals surface area contributed by atoms with E-state index in [0.29, 0.717) is 12.2 Å². The highest BCUT2D eigenvalue weighted by atomic mass is 16.1. The molecular formula is C16H15N5O. The van der Waals surface area contributed by atoms with Crippen molar-refractivity contribution in [3.8, 4) is 11.3 Å². The molecule has 1 aromatic carbocycles. The Morgan fingerprint density at radius 2 is 2.05 bits per heavy atom. The van der Waals surface area contributed by atoms with Crippen molar-refractivity contribution in [2.45, 2.75) is 12.3 Å². The van der Waals surface area contributed by atoms with Crippen LogP contribution in [0.15, 0.2) is 42.7 Å². The number of hydrogen-bond donors (Lipinski definition) is 2. The number of nitrogens with zero attached hydrogens (tertiary/aromatic N) is 3. The van der Waals surface area contributed by atoms with Gasteiger partial charge in [-0.2, -0.15) is 10.2 Å². The maximum atomic E-state index is 12.0. The smallest absolute Gasteiger partial charge is 0.226 e. The lowest BCUT2D eigenvalue weighted by Gasteiger charge is -2.21. The number of anilines is 1. The minimum absolute atomic E-state index is 0.00962. The summed E-state index contributed by atoms with van der Waals surface area (Å²) in [5.74, 6) is 0.639. The fraction of sp³-hybridized carbons (Fsp3) is 0.188. The number of fused-ring (bicyclic) bond motifs is 1. The first kappa shape index (κ1) is 12.8. The molecule has 1 aliphatic heterocycles. The first-order chi connectivity index (χ1) is 10.7. The molecule has 1 aliphatic rings. The summed E-state index contributed by atoms with van der Waals surface area (Å²) in [6.45, 7) is 0. The van der Waals surface area contributed by atoms with E-state index in [1.165, 1.54) is 0 Å². The molecule has 2 N–H and O–H groups in total. The van der Waals surface area contributed by atoms with Crippen molar-refractivity contribution >= 4 is 11.7 Å². The van der Waals surface area contributed by atoms with Crippen molar-refractivity contribution in [2.24, 2.45) is 7.05 Å². The zero-order valence-electron chi connectivity index (χ0n) is 12.1. The van der Waals surface area contributed by atoms with E-state index in [1.807, 2.05) is 43.6 Å². The monoisotopic (exact) mass is 293 g/mol. The lowest BCUT2D eigenvalue weighted by molar-refractivity contribution is -0.116. The second kappa shape index (κ2) is 4.84. The normalized spacial score (nSPS) is 17.1. The van der Waals surface area contributed by atoms with Crippen molar-refractivity contribution in [2.75, 3.05) is 5.32 Å². The molecule has 110 valence electrons. The standard InChI is InChI=1S/C16H15N5O/c1-21-9-13(15(20-21)10-5-3-2-4-6-10)11-7-14(22)18-16-12(11)8-17-19-16/h2-6,8-9,11H,7H2,1H3,(H2,17,18,19,22). The number of aryl methyl sites for hydroxylation is 1. The van der Waals surface area contributed by atoms with Gasteiger partial charge in [0.05, 0.1) is 11.9 Å². The van der Waals surface area contributed by atoms with Gasteiger partial charge in [-0.3, -0.25) is 14.6 Å². The van der Waals surface area contributed by atoms with Crippen molar-refractivity contribution in [3.63, 3.8) is 0 Å². The zero-order valence-corrected chi connectivity index (χ0v) is 12.1. The van der Waals surface area contributed by atoms with Crippen LogP contribution in [-0.2, 0) is 11.8 Å². The number of hydrogen-bond acceptors (Lipinski definition) is 3. The van der Waals surface area contributed by atoms with E-state index < -0.39 is 0 Å². The van der Waals surface area contributed by atoms with Crippen LogP contribution < -0.4 is 5.32 Å². The summed E-state index contributed by atoms with van der Waals surface area (Å²) in [5.41, 5.74) is 4.01. The van der Waals surface area contributed by atoms with Gasteiger partial charge in [0.25, 0.3) is 0 Å². The van der Waals surface area contributed by atoms with E-state index in [-0.39, 0.29) is 11.8 Å². The molecule has 3 aromatic rings. The molecule has 0 radical (unpaired) electrons. The molecule has 0 spiro atoms. The van der Waals surface area contributed by atoms with E-state index in [9.17, 15) is 4.79 Å². The summed E-state index contributed by atoms with van der Waals surface area (Å²) in [7, 11) is 1.90. The molecule has 0 bridgehead atoms. The van der Waals surface area contributed by atoms with Crippen LogP contribution in [0.2, 0.25) is 0 Å². The van der Waals surface area contributed by atoms with Crippen molar-refractivity contribution < 1.29 is 4.79 Å². The van der Waals surface area contributed by atoms with E-state index in [4.69, 9.17) is 0 Å². The highest BCUT2D eigenvalue weighted by Crippen LogP contribution is 2.39. The Labute approximate surface area is 127 Å². The molecule has 0 saturated carbocycles. The lowest BCUT2D eigenvalue weighted by Crippen LogP contribution is -2.23. The minimum atomic E-state index is -0.0357. The van der Waals surface area contributed by atoms with Crippen LogP contribution in [0.5, 0.6) is 0 Å². The van der Waals surface area contributed by atoms with Crippen molar-refractivity contribution in [1.82, 2.24) is 20.0 Å². The largest absolute Gasteiger partial charge is 0.311 e. The Morgan fingerprint density at radius 1 is 1.23 bits per heavy atom. The number of rotatable bonds is 2. The second-order valence-electron chi connectivity index (χ2n) is 5.48. The Kier molecular flexibility index (Phi) is 2.82. The number of carbonyl (C=O) groups excluding carboxylic acids is 1. The Balaban J connectivity index is 1.86.